The number of ketones is 2. The van der Waals surface area contributed by atoms with Crippen LogP contribution < -0.4 is 15.8 Å². The van der Waals surface area contributed by atoms with E-state index in [9.17, 15) is 31.6 Å². The molecule has 196 valence electrons. The standard InChI is InChI=1S/C23H33F2N3O6S/c1-15(2)18(14-19(29)20(26)16-4-6-17(34-3)7-5-16)21(30)23(24,25)22(31)27-8-9-28-10-12-35(32,33)13-11-28/h4-7,15,18,20H,8-14,26H2,1-3H3,(H,27,31)/t18-,20-/m0/s1. The van der Waals surface area contributed by atoms with Crippen molar-refractivity contribution >= 4 is 27.3 Å². The zero-order chi connectivity index (χ0) is 26.4. The van der Waals surface area contributed by atoms with Crippen LogP contribution in [-0.2, 0) is 24.2 Å². The quantitative estimate of drug-likeness (QED) is 0.392. The van der Waals surface area contributed by atoms with E-state index in [1.165, 1.54) is 21.0 Å². The summed E-state index contributed by atoms with van der Waals surface area (Å²) < 4.78 is 57.4. The number of halogens is 2. The maximum absolute atomic E-state index is 14.7. The van der Waals surface area contributed by atoms with Gasteiger partial charge in [-0.25, -0.2) is 8.42 Å². The van der Waals surface area contributed by atoms with Gasteiger partial charge >= 0.3 is 5.92 Å². The minimum absolute atomic E-state index is 0.0294. The fourth-order valence-electron chi connectivity index (χ4n) is 3.73. The maximum atomic E-state index is 14.7. The van der Waals surface area contributed by atoms with Crippen LogP contribution in [0.5, 0.6) is 5.75 Å². The normalized spacial score (nSPS) is 18.0. The van der Waals surface area contributed by atoms with Crippen molar-refractivity contribution in [2.24, 2.45) is 17.6 Å². The Bertz CT molecular complexity index is 1000. The highest BCUT2D eigenvalue weighted by Gasteiger charge is 2.51. The lowest BCUT2D eigenvalue weighted by molar-refractivity contribution is -0.162. The van der Waals surface area contributed by atoms with E-state index in [4.69, 9.17) is 10.5 Å². The van der Waals surface area contributed by atoms with Crippen molar-refractivity contribution in [2.45, 2.75) is 32.2 Å². The van der Waals surface area contributed by atoms with Crippen LogP contribution in [0.15, 0.2) is 24.3 Å². The zero-order valence-corrected chi connectivity index (χ0v) is 20.9. The number of amides is 1. The Balaban J connectivity index is 1.97. The predicted molar refractivity (Wildman–Crippen MR) is 126 cm³/mol. The highest BCUT2D eigenvalue weighted by atomic mass is 32.2. The summed E-state index contributed by atoms with van der Waals surface area (Å²) in [6.45, 7) is 3.54. The lowest BCUT2D eigenvalue weighted by Gasteiger charge is -2.27. The third-order valence-electron chi connectivity index (χ3n) is 6.13. The third-order valence-corrected chi connectivity index (χ3v) is 7.74. The summed E-state index contributed by atoms with van der Waals surface area (Å²) in [4.78, 5) is 39.3. The summed E-state index contributed by atoms with van der Waals surface area (Å²) in [5.41, 5.74) is 6.44. The van der Waals surface area contributed by atoms with Crippen LogP contribution in [0.3, 0.4) is 0 Å². The van der Waals surface area contributed by atoms with Crippen LogP contribution in [0.2, 0.25) is 0 Å². The molecule has 1 fully saturated rings. The number of benzene rings is 1. The summed E-state index contributed by atoms with van der Waals surface area (Å²) in [5, 5.41) is 2.06. The van der Waals surface area contributed by atoms with Crippen molar-refractivity contribution in [1.29, 1.82) is 0 Å². The molecule has 9 nitrogen and oxygen atoms in total. The van der Waals surface area contributed by atoms with E-state index in [0.29, 0.717) is 11.3 Å². The predicted octanol–water partition coefficient (Wildman–Crippen LogP) is 0.977. The van der Waals surface area contributed by atoms with Crippen LogP contribution in [0, 0.1) is 11.8 Å². The molecule has 1 amide bonds. The van der Waals surface area contributed by atoms with Crippen LogP contribution >= 0.6 is 0 Å². The highest BCUT2D eigenvalue weighted by molar-refractivity contribution is 7.91. The fraction of sp³-hybridized carbons (Fsp3) is 0.609. The van der Waals surface area contributed by atoms with Gasteiger partial charge in [-0.15, -0.1) is 0 Å². The van der Waals surface area contributed by atoms with Gasteiger partial charge in [-0.05, 0) is 23.6 Å². The number of hydrogen-bond acceptors (Lipinski definition) is 8. The lowest BCUT2D eigenvalue weighted by atomic mass is 9.82. The van der Waals surface area contributed by atoms with Crippen molar-refractivity contribution in [3.8, 4) is 5.75 Å². The van der Waals surface area contributed by atoms with Crippen molar-refractivity contribution in [3.05, 3.63) is 29.8 Å². The summed E-state index contributed by atoms with van der Waals surface area (Å²) in [6, 6.07) is 5.25. The average Bonchev–Trinajstić information content (AvgIpc) is 2.82. The van der Waals surface area contributed by atoms with Crippen molar-refractivity contribution in [3.63, 3.8) is 0 Å². The molecule has 1 heterocycles. The molecule has 0 radical (unpaired) electrons. The molecule has 2 rings (SSSR count). The molecule has 1 aromatic rings. The molecule has 0 bridgehead atoms. The van der Waals surface area contributed by atoms with Crippen LogP contribution in [0.4, 0.5) is 8.78 Å². The smallest absolute Gasteiger partial charge is 0.381 e. The van der Waals surface area contributed by atoms with E-state index >= 15 is 0 Å². The van der Waals surface area contributed by atoms with E-state index in [0.717, 1.165) is 0 Å². The number of carbonyl (C=O) groups excluding carboxylic acids is 3. The molecule has 0 unspecified atom stereocenters. The highest BCUT2D eigenvalue weighted by Crippen LogP contribution is 2.29. The molecule has 0 aromatic heterocycles. The SMILES string of the molecule is COc1ccc([C@H](N)C(=O)C[C@H](C(=O)C(F)(F)C(=O)NCCN2CCS(=O)(=O)CC2)C(C)C)cc1. The molecule has 2 atom stereocenters. The molecular weight excluding hydrogens is 484 g/mol. The van der Waals surface area contributed by atoms with Gasteiger partial charge in [0.2, 0.25) is 5.78 Å². The Kier molecular flexibility index (Phi) is 9.87. The monoisotopic (exact) mass is 517 g/mol. The largest absolute Gasteiger partial charge is 0.497 e. The minimum Gasteiger partial charge on any atom is -0.497 e. The van der Waals surface area contributed by atoms with Crippen molar-refractivity contribution in [1.82, 2.24) is 10.2 Å². The Morgan fingerprint density at radius 1 is 1.14 bits per heavy atom. The first-order chi connectivity index (χ1) is 16.3. The topological polar surface area (TPSA) is 136 Å². The van der Waals surface area contributed by atoms with E-state index in [2.05, 4.69) is 5.32 Å². The van der Waals surface area contributed by atoms with Gasteiger partial charge in [0.1, 0.15) is 5.75 Å². The molecule has 1 aromatic carbocycles. The molecule has 12 heteroatoms. The first-order valence-electron chi connectivity index (χ1n) is 11.3. The maximum Gasteiger partial charge on any atom is 0.381 e. The first-order valence-corrected chi connectivity index (χ1v) is 13.2. The number of nitrogens with two attached hydrogens (primary N) is 1. The van der Waals surface area contributed by atoms with Gasteiger partial charge in [-0.2, -0.15) is 8.78 Å². The molecule has 1 saturated heterocycles. The van der Waals surface area contributed by atoms with E-state index in [-0.39, 0.29) is 37.7 Å². The number of Topliss-reactive ketones (excluding diaryl/α,β-unsaturated/α-hetero) is 2. The molecule has 35 heavy (non-hydrogen) atoms. The number of ether oxygens (including phenoxy) is 1. The number of alkyl halides is 2. The third kappa shape index (κ3) is 7.77. The van der Waals surface area contributed by atoms with Gasteiger partial charge in [0.25, 0.3) is 5.91 Å². The van der Waals surface area contributed by atoms with Crippen LogP contribution in [-0.4, -0.2) is 81.5 Å². The number of methoxy groups -OCH3 is 1. The van der Waals surface area contributed by atoms with Crippen molar-refractivity contribution in [2.75, 3.05) is 44.8 Å². The number of nitrogens with one attached hydrogen (secondary N) is 1. The molecule has 0 aliphatic carbocycles. The van der Waals surface area contributed by atoms with Crippen molar-refractivity contribution < 1.29 is 36.3 Å². The number of hydrogen-bond donors (Lipinski definition) is 2. The Morgan fingerprint density at radius 3 is 2.23 bits per heavy atom. The van der Waals surface area contributed by atoms with Gasteiger partial charge in [0.15, 0.2) is 15.6 Å². The summed E-state index contributed by atoms with van der Waals surface area (Å²) in [5.74, 6) is -9.85. The van der Waals surface area contributed by atoms with E-state index in [1.54, 1.807) is 29.2 Å². The zero-order valence-electron chi connectivity index (χ0n) is 20.1. The Hall–Kier alpha value is -2.44. The Morgan fingerprint density at radius 2 is 1.71 bits per heavy atom. The van der Waals surface area contributed by atoms with Gasteiger partial charge in [0, 0.05) is 38.5 Å². The minimum atomic E-state index is -4.33. The molecule has 0 saturated carbocycles. The lowest BCUT2D eigenvalue weighted by Crippen LogP contribution is -2.51. The number of nitrogens with zero attached hydrogens (tertiary/aromatic N) is 1. The van der Waals surface area contributed by atoms with Crippen LogP contribution in [0.1, 0.15) is 31.9 Å². The van der Waals surface area contributed by atoms with Gasteiger partial charge in [-0.1, -0.05) is 26.0 Å². The molecule has 3 N–H and O–H groups in total. The summed E-state index contributed by atoms with van der Waals surface area (Å²) >= 11 is 0. The molecule has 1 aliphatic rings. The number of carbonyl (C=O) groups is 3. The average molecular weight is 518 g/mol. The van der Waals surface area contributed by atoms with Gasteiger partial charge in [-0.3, -0.25) is 19.3 Å². The first kappa shape index (κ1) is 28.8. The summed E-state index contributed by atoms with van der Waals surface area (Å²) in [6.07, 6.45) is -0.533. The second kappa shape index (κ2) is 12.0. The Labute approximate surface area is 204 Å². The van der Waals surface area contributed by atoms with E-state index < -0.39 is 57.5 Å². The van der Waals surface area contributed by atoms with Gasteiger partial charge < -0.3 is 15.8 Å². The van der Waals surface area contributed by atoms with Gasteiger partial charge in [0.05, 0.1) is 24.7 Å². The summed E-state index contributed by atoms with van der Waals surface area (Å²) in [7, 11) is -1.60. The molecular formula is C23H33F2N3O6S. The second-order valence-electron chi connectivity index (χ2n) is 8.96. The fourth-order valence-corrected chi connectivity index (χ4v) is 5.01. The number of rotatable bonds is 12. The number of sulfone groups is 1. The second-order valence-corrected chi connectivity index (χ2v) is 11.3. The molecule has 1 aliphatic heterocycles. The molecule has 0 spiro atoms. The van der Waals surface area contributed by atoms with Crippen LogP contribution in [0.25, 0.3) is 0 Å². The van der Waals surface area contributed by atoms with E-state index in [1.807, 2.05) is 0 Å².